The fraction of sp³-hybridized carbons (Fsp3) is 0.154. The molecule has 1 unspecified atom stereocenters. The van der Waals surface area contributed by atoms with Gasteiger partial charge in [-0.2, -0.15) is 0 Å². The Morgan fingerprint density at radius 1 is 0.903 bits per heavy atom. The largest absolute Gasteiger partial charge is 0.481 e. The first-order valence-electron chi connectivity index (χ1n) is 10.1. The second-order valence-corrected chi connectivity index (χ2v) is 7.15. The Labute approximate surface area is 182 Å². The Balaban J connectivity index is 1.61. The summed E-state index contributed by atoms with van der Waals surface area (Å²) in [5.41, 5.74) is 3.39. The number of carbonyl (C=O) groups is 2. The highest BCUT2D eigenvalue weighted by atomic mass is 16.6. The third-order valence-corrected chi connectivity index (χ3v) is 4.81. The molecule has 158 valence electrons. The van der Waals surface area contributed by atoms with Crippen LogP contribution in [-0.2, 0) is 9.53 Å². The van der Waals surface area contributed by atoms with Gasteiger partial charge in [0, 0.05) is 0 Å². The number of ether oxygens (including phenoxy) is 1. The van der Waals surface area contributed by atoms with Crippen molar-refractivity contribution in [1.29, 1.82) is 0 Å². The van der Waals surface area contributed by atoms with E-state index in [2.05, 4.69) is 0 Å². The fourth-order valence-electron chi connectivity index (χ4n) is 3.20. The van der Waals surface area contributed by atoms with Gasteiger partial charge in [0.25, 0.3) is 0 Å². The van der Waals surface area contributed by atoms with Crippen LogP contribution in [0.25, 0.3) is 6.08 Å². The van der Waals surface area contributed by atoms with Crippen LogP contribution in [-0.4, -0.2) is 23.8 Å². The molecule has 1 amide bonds. The van der Waals surface area contributed by atoms with E-state index in [0.717, 1.165) is 22.5 Å². The van der Waals surface area contributed by atoms with Crippen LogP contribution < -0.4 is 4.90 Å². The van der Waals surface area contributed by atoms with Crippen LogP contribution in [0.15, 0.2) is 91.0 Å². The second-order valence-electron chi connectivity index (χ2n) is 7.15. The van der Waals surface area contributed by atoms with Gasteiger partial charge in [-0.05, 0) is 47.4 Å². The zero-order valence-electron chi connectivity index (χ0n) is 17.3. The molecule has 0 heterocycles. The summed E-state index contributed by atoms with van der Waals surface area (Å²) in [5, 5.41) is 8.92. The molecule has 0 spiro atoms. The van der Waals surface area contributed by atoms with Crippen molar-refractivity contribution in [2.24, 2.45) is 0 Å². The highest BCUT2D eigenvalue weighted by Crippen LogP contribution is 2.26. The van der Waals surface area contributed by atoms with Crippen molar-refractivity contribution in [1.82, 2.24) is 0 Å². The number of carboxylic acids is 1. The minimum absolute atomic E-state index is 0.0431. The average Bonchev–Trinajstić information content (AvgIpc) is 2.78. The molecule has 31 heavy (non-hydrogen) atoms. The van der Waals surface area contributed by atoms with E-state index in [0.29, 0.717) is 0 Å². The third-order valence-electron chi connectivity index (χ3n) is 4.81. The SMILES string of the molecule is CC(CC(=O)O)c1ccc(C=CCOC(=O)N(c2ccccc2)c2ccccc2)cc1. The van der Waals surface area contributed by atoms with Gasteiger partial charge in [0.1, 0.15) is 6.61 Å². The molecule has 3 rings (SSSR count). The number of carboxylic acid groups (broad SMARTS) is 1. The first-order valence-corrected chi connectivity index (χ1v) is 10.1. The van der Waals surface area contributed by atoms with Crippen molar-refractivity contribution in [2.75, 3.05) is 11.5 Å². The number of rotatable bonds is 8. The molecule has 0 aromatic heterocycles. The molecule has 0 fully saturated rings. The maximum Gasteiger partial charge on any atom is 0.419 e. The number of anilines is 2. The smallest absolute Gasteiger partial charge is 0.419 e. The second kappa shape index (κ2) is 10.8. The molecule has 0 saturated heterocycles. The van der Waals surface area contributed by atoms with Crippen LogP contribution in [0.2, 0.25) is 0 Å². The third kappa shape index (κ3) is 6.31. The van der Waals surface area contributed by atoms with Gasteiger partial charge >= 0.3 is 12.1 Å². The molecule has 0 aliphatic rings. The summed E-state index contributed by atoms with van der Waals surface area (Å²) < 4.78 is 5.48. The Morgan fingerprint density at radius 2 is 1.45 bits per heavy atom. The summed E-state index contributed by atoms with van der Waals surface area (Å²) in [6.07, 6.45) is 3.29. The summed E-state index contributed by atoms with van der Waals surface area (Å²) in [4.78, 5) is 25.2. The maximum atomic E-state index is 12.8. The summed E-state index contributed by atoms with van der Waals surface area (Å²) >= 11 is 0. The van der Waals surface area contributed by atoms with Crippen LogP contribution in [0.3, 0.4) is 0 Å². The molecule has 5 heteroatoms. The number of amides is 1. The van der Waals surface area contributed by atoms with Gasteiger partial charge in [-0.1, -0.05) is 73.7 Å². The number of para-hydroxylation sites is 2. The van der Waals surface area contributed by atoms with Crippen molar-refractivity contribution in [2.45, 2.75) is 19.3 Å². The van der Waals surface area contributed by atoms with E-state index >= 15 is 0 Å². The molecule has 0 saturated carbocycles. The molecule has 0 radical (unpaired) electrons. The standard InChI is InChI=1S/C26H25NO4/c1-20(19-25(28)29)22-16-14-21(15-17-22)9-8-18-31-26(30)27(23-10-4-2-5-11-23)24-12-6-3-7-13-24/h2-17,20H,18-19H2,1H3,(H,28,29). The monoisotopic (exact) mass is 415 g/mol. The van der Waals surface area contributed by atoms with Gasteiger partial charge in [0.05, 0.1) is 17.8 Å². The molecule has 3 aromatic carbocycles. The highest BCUT2D eigenvalue weighted by molar-refractivity contribution is 5.95. The van der Waals surface area contributed by atoms with Gasteiger partial charge in [-0.3, -0.25) is 4.79 Å². The summed E-state index contributed by atoms with van der Waals surface area (Å²) in [6, 6.07) is 26.4. The molecule has 5 nitrogen and oxygen atoms in total. The van der Waals surface area contributed by atoms with Gasteiger partial charge in [-0.25, -0.2) is 9.69 Å². The van der Waals surface area contributed by atoms with Crippen molar-refractivity contribution in [3.05, 3.63) is 102 Å². The number of hydrogen-bond donors (Lipinski definition) is 1. The Kier molecular flexibility index (Phi) is 7.60. The van der Waals surface area contributed by atoms with Gasteiger partial charge in [0.2, 0.25) is 0 Å². The molecular weight excluding hydrogens is 390 g/mol. The molecule has 0 aliphatic carbocycles. The van der Waals surface area contributed by atoms with Gasteiger partial charge in [-0.15, -0.1) is 0 Å². The number of benzene rings is 3. The zero-order chi connectivity index (χ0) is 22.1. The van der Waals surface area contributed by atoms with E-state index in [4.69, 9.17) is 9.84 Å². The number of nitrogens with zero attached hydrogens (tertiary/aromatic N) is 1. The first kappa shape index (κ1) is 21.8. The Bertz CT molecular complexity index is 975. The van der Waals surface area contributed by atoms with E-state index in [9.17, 15) is 9.59 Å². The normalized spacial score (nSPS) is 11.8. The molecule has 0 aliphatic heterocycles. The molecule has 0 bridgehead atoms. The lowest BCUT2D eigenvalue weighted by molar-refractivity contribution is -0.137. The van der Waals surface area contributed by atoms with Gasteiger partial charge < -0.3 is 9.84 Å². The zero-order valence-corrected chi connectivity index (χ0v) is 17.3. The van der Waals surface area contributed by atoms with E-state index in [1.54, 1.807) is 6.08 Å². The minimum Gasteiger partial charge on any atom is -0.481 e. The van der Waals surface area contributed by atoms with E-state index in [1.165, 1.54) is 4.90 Å². The van der Waals surface area contributed by atoms with Crippen molar-refractivity contribution >= 4 is 29.5 Å². The number of hydrogen-bond acceptors (Lipinski definition) is 3. The number of aliphatic carboxylic acids is 1. The van der Waals surface area contributed by atoms with E-state index in [1.807, 2.05) is 97.9 Å². The maximum absolute atomic E-state index is 12.8. The molecule has 1 N–H and O–H groups in total. The molecular formula is C26H25NO4. The van der Waals surface area contributed by atoms with Crippen LogP contribution in [0, 0.1) is 0 Å². The fourth-order valence-corrected chi connectivity index (χ4v) is 3.20. The predicted molar refractivity (Wildman–Crippen MR) is 123 cm³/mol. The predicted octanol–water partition coefficient (Wildman–Crippen LogP) is 6.25. The Hall–Kier alpha value is -3.86. The number of carbonyl (C=O) groups excluding carboxylic acids is 1. The van der Waals surface area contributed by atoms with E-state index in [-0.39, 0.29) is 18.9 Å². The van der Waals surface area contributed by atoms with Crippen molar-refractivity contribution in [3.63, 3.8) is 0 Å². The highest BCUT2D eigenvalue weighted by Gasteiger charge is 2.18. The lowest BCUT2D eigenvalue weighted by atomic mass is 9.97. The van der Waals surface area contributed by atoms with Crippen molar-refractivity contribution < 1.29 is 19.4 Å². The van der Waals surface area contributed by atoms with Gasteiger partial charge in [0.15, 0.2) is 0 Å². The molecule has 1 atom stereocenters. The van der Waals surface area contributed by atoms with E-state index < -0.39 is 12.1 Å². The lowest BCUT2D eigenvalue weighted by Gasteiger charge is -2.22. The quantitative estimate of drug-likeness (QED) is 0.472. The minimum atomic E-state index is -0.807. The van der Waals surface area contributed by atoms with Crippen LogP contribution >= 0.6 is 0 Å². The Morgan fingerprint density at radius 3 is 1.97 bits per heavy atom. The molecule has 3 aromatic rings. The van der Waals surface area contributed by atoms with Crippen LogP contribution in [0.4, 0.5) is 16.2 Å². The van der Waals surface area contributed by atoms with Crippen molar-refractivity contribution in [3.8, 4) is 0 Å². The summed E-state index contributed by atoms with van der Waals surface area (Å²) in [6.45, 7) is 2.02. The average molecular weight is 415 g/mol. The lowest BCUT2D eigenvalue weighted by Crippen LogP contribution is -2.26. The topological polar surface area (TPSA) is 66.8 Å². The van der Waals surface area contributed by atoms with Crippen LogP contribution in [0.5, 0.6) is 0 Å². The summed E-state index contributed by atoms with van der Waals surface area (Å²) in [7, 11) is 0. The van der Waals surface area contributed by atoms with Crippen LogP contribution in [0.1, 0.15) is 30.4 Å². The summed E-state index contributed by atoms with van der Waals surface area (Å²) in [5.74, 6) is -0.850. The first-order chi connectivity index (χ1) is 15.0.